The maximum Gasteiger partial charge on any atom is 0.267 e. The molecular weight excluding hydrogens is 308 g/mol. The highest BCUT2D eigenvalue weighted by atomic mass is 16.5. The normalized spacial score (nSPS) is 10.8. The summed E-state index contributed by atoms with van der Waals surface area (Å²) >= 11 is 0. The van der Waals surface area contributed by atoms with Crippen LogP contribution in [0.1, 0.15) is 29.8 Å². The fraction of sp³-hybridized carbons (Fsp3) is 0.235. The maximum atomic E-state index is 12.2. The molecule has 1 atom stereocenters. The van der Waals surface area contributed by atoms with Crippen molar-refractivity contribution in [2.75, 3.05) is 0 Å². The number of hydrogen-bond donors (Lipinski definition) is 4. The smallest absolute Gasteiger partial charge is 0.267 e. The lowest BCUT2D eigenvalue weighted by atomic mass is 9.95. The molecule has 0 radical (unpaired) electrons. The van der Waals surface area contributed by atoms with Gasteiger partial charge in [-0.2, -0.15) is 5.26 Å². The topological polar surface area (TPSA) is 128 Å². The molecule has 24 heavy (non-hydrogen) atoms. The molecule has 1 aromatic carbocycles. The average Bonchev–Trinajstić information content (AvgIpc) is 2.55. The molecule has 7 heteroatoms. The Bertz CT molecular complexity index is 778. The number of carbonyl (C=O) groups is 2. The Balaban J connectivity index is 2.89. The molecule has 0 aliphatic heterocycles. The average molecular weight is 324 g/mol. The number of nitrogens with zero attached hydrogens (tertiary/aromatic N) is 1. The third kappa shape index (κ3) is 5.47. The number of nitrogens with one attached hydrogen (secondary N) is 2. The van der Waals surface area contributed by atoms with Gasteiger partial charge in [0.25, 0.3) is 11.8 Å². The van der Waals surface area contributed by atoms with Crippen LogP contribution in [0.15, 0.2) is 24.3 Å². The van der Waals surface area contributed by atoms with E-state index in [0.29, 0.717) is 11.1 Å². The summed E-state index contributed by atoms with van der Waals surface area (Å²) in [6.07, 6.45) is 0. The van der Waals surface area contributed by atoms with Gasteiger partial charge in [0.2, 0.25) is 0 Å². The maximum absolute atomic E-state index is 12.2. The number of rotatable bonds is 4. The summed E-state index contributed by atoms with van der Waals surface area (Å²) in [4.78, 5) is 23.9. The van der Waals surface area contributed by atoms with Gasteiger partial charge in [-0.25, -0.2) is 5.48 Å². The van der Waals surface area contributed by atoms with Gasteiger partial charge in [-0.1, -0.05) is 5.92 Å². The summed E-state index contributed by atoms with van der Waals surface area (Å²) in [6, 6.07) is 6.78. The lowest BCUT2D eigenvalue weighted by Gasteiger charge is -2.29. The zero-order valence-corrected chi connectivity index (χ0v) is 13.2. The van der Waals surface area contributed by atoms with Crippen molar-refractivity contribution in [2.24, 2.45) is 5.73 Å². The summed E-state index contributed by atoms with van der Waals surface area (Å²) in [5.41, 5.74) is 7.16. The lowest BCUT2D eigenvalue weighted by Crippen LogP contribution is -2.61. The Morgan fingerprint density at radius 3 is 2.33 bits per heavy atom. The van der Waals surface area contributed by atoms with Crippen LogP contribution < -0.4 is 16.5 Å². The first kappa shape index (κ1) is 18.7. The number of benzene rings is 1. The first-order valence-electron chi connectivity index (χ1n) is 6.83. The Morgan fingerprint density at radius 2 is 1.83 bits per heavy atom. The van der Waals surface area contributed by atoms with E-state index >= 15 is 0 Å². The molecule has 0 unspecified atom stereocenters. The monoisotopic (exact) mass is 324 g/mol. The first-order valence-corrected chi connectivity index (χ1v) is 6.83. The fourth-order valence-electron chi connectivity index (χ4n) is 1.74. The van der Waals surface area contributed by atoms with E-state index in [9.17, 15) is 9.59 Å². The number of amides is 2. The third-order valence-electron chi connectivity index (χ3n) is 2.93. The van der Waals surface area contributed by atoms with E-state index in [2.05, 4.69) is 29.0 Å². The third-order valence-corrected chi connectivity index (χ3v) is 2.93. The highest BCUT2D eigenvalue weighted by Crippen LogP contribution is 2.08. The molecule has 1 aromatic rings. The van der Waals surface area contributed by atoms with Gasteiger partial charge in [0.1, 0.15) is 6.04 Å². The van der Waals surface area contributed by atoms with E-state index in [1.54, 1.807) is 32.0 Å². The minimum absolute atomic E-state index is 0.295. The number of nitriles is 1. The van der Waals surface area contributed by atoms with E-state index < -0.39 is 23.4 Å². The molecule has 7 nitrogen and oxygen atoms in total. The molecule has 0 bridgehead atoms. The molecule has 0 aliphatic rings. The minimum Gasteiger partial charge on any atom is -0.338 e. The van der Waals surface area contributed by atoms with Gasteiger partial charge >= 0.3 is 0 Å². The molecule has 5 N–H and O–H groups in total. The van der Waals surface area contributed by atoms with Crippen LogP contribution in [-0.4, -0.2) is 28.6 Å². The Labute approximate surface area is 139 Å². The molecule has 0 saturated heterocycles. The van der Waals surface area contributed by atoms with Crippen LogP contribution in [0.4, 0.5) is 0 Å². The van der Waals surface area contributed by atoms with Gasteiger partial charge in [-0.3, -0.25) is 14.8 Å². The van der Waals surface area contributed by atoms with Crippen LogP contribution in [0, 0.1) is 35.0 Å². The molecule has 122 valence electrons. The van der Waals surface area contributed by atoms with Gasteiger partial charge in [0, 0.05) is 28.5 Å². The van der Waals surface area contributed by atoms with Crippen LogP contribution >= 0.6 is 0 Å². The van der Waals surface area contributed by atoms with Gasteiger partial charge in [0.05, 0.1) is 0 Å². The second kappa shape index (κ2) is 8.36. The van der Waals surface area contributed by atoms with Crippen LogP contribution in [0.25, 0.3) is 0 Å². The van der Waals surface area contributed by atoms with Gasteiger partial charge in [-0.15, -0.1) is 0 Å². The van der Waals surface area contributed by atoms with Crippen LogP contribution in [-0.2, 0) is 4.79 Å². The van der Waals surface area contributed by atoms with Crippen LogP contribution in [0.2, 0.25) is 0 Å². The number of carbonyl (C=O) groups excluding carboxylic acids is 2. The first-order chi connectivity index (χ1) is 11.3. The highest BCUT2D eigenvalue weighted by molar-refractivity contribution is 5.97. The van der Waals surface area contributed by atoms with E-state index in [1.165, 1.54) is 17.6 Å². The second-order valence-corrected chi connectivity index (χ2v) is 5.39. The number of hydroxylamine groups is 1. The predicted octanol–water partition coefficient (Wildman–Crippen LogP) is -0.0938. The van der Waals surface area contributed by atoms with E-state index in [-0.39, 0.29) is 0 Å². The number of hydrogen-bond acceptors (Lipinski definition) is 5. The Kier molecular flexibility index (Phi) is 6.52. The second-order valence-electron chi connectivity index (χ2n) is 5.39. The zero-order valence-electron chi connectivity index (χ0n) is 13.2. The van der Waals surface area contributed by atoms with Crippen molar-refractivity contribution in [1.29, 1.82) is 5.26 Å². The Hall–Kier alpha value is -3.31. The van der Waals surface area contributed by atoms with Crippen LogP contribution in [0.5, 0.6) is 0 Å². The van der Waals surface area contributed by atoms with Gasteiger partial charge < -0.3 is 11.1 Å². The molecule has 0 aromatic heterocycles. The summed E-state index contributed by atoms with van der Waals surface area (Å²) in [6.45, 7) is 3.10. The summed E-state index contributed by atoms with van der Waals surface area (Å²) in [7, 11) is 0. The van der Waals surface area contributed by atoms with E-state index in [4.69, 9.17) is 16.2 Å². The molecule has 1 rings (SSSR count). The fourth-order valence-corrected chi connectivity index (χ4v) is 1.74. The van der Waals surface area contributed by atoms with Crippen molar-refractivity contribution in [3.05, 3.63) is 35.4 Å². The van der Waals surface area contributed by atoms with E-state index in [0.717, 1.165) is 0 Å². The quantitative estimate of drug-likeness (QED) is 0.349. The van der Waals surface area contributed by atoms with Crippen LogP contribution in [0.3, 0.4) is 0 Å². The largest absolute Gasteiger partial charge is 0.338 e. The van der Waals surface area contributed by atoms with Gasteiger partial charge in [0.15, 0.2) is 6.07 Å². The van der Waals surface area contributed by atoms with Crippen molar-refractivity contribution in [1.82, 2.24) is 10.8 Å². The molecule has 0 fully saturated rings. The van der Waals surface area contributed by atoms with E-state index in [1.807, 2.05) is 0 Å². The highest BCUT2D eigenvalue weighted by Gasteiger charge is 2.33. The van der Waals surface area contributed by atoms with Gasteiger partial charge in [-0.05, 0) is 44.0 Å². The molecular formula is C17H16N4O3. The standard InChI is InChI=1S/C17H16N4O3/c1-17(2,19)14(16(23)21-24)20-15(22)13-9-7-12(8-10-13)6-4-3-5-11-18/h7-10,14,24H,19H2,1-2H3,(H,20,22)(H,21,23)/t14-/m1/s1. The molecule has 0 saturated carbocycles. The lowest BCUT2D eigenvalue weighted by molar-refractivity contribution is -0.132. The molecule has 0 aliphatic carbocycles. The van der Waals surface area contributed by atoms with Crippen molar-refractivity contribution >= 4 is 11.8 Å². The summed E-state index contributed by atoms with van der Waals surface area (Å²) in [5.74, 6) is 8.37. The van der Waals surface area contributed by atoms with Crippen molar-refractivity contribution in [3.8, 4) is 29.8 Å². The molecule has 0 heterocycles. The summed E-state index contributed by atoms with van der Waals surface area (Å²) < 4.78 is 0. The predicted molar refractivity (Wildman–Crippen MR) is 86.2 cm³/mol. The number of nitrogens with two attached hydrogens (primary N) is 1. The molecule has 2 amide bonds. The Morgan fingerprint density at radius 1 is 1.21 bits per heavy atom. The molecule has 0 spiro atoms. The van der Waals surface area contributed by atoms with Crippen molar-refractivity contribution < 1.29 is 14.8 Å². The SMILES string of the molecule is CC(C)(N)[C@H](NC(=O)c1ccc(C#CC#CC#N)cc1)C(=O)NO. The summed E-state index contributed by atoms with van der Waals surface area (Å²) in [5, 5.41) is 19.5. The van der Waals surface area contributed by atoms with Crippen molar-refractivity contribution in [3.63, 3.8) is 0 Å². The van der Waals surface area contributed by atoms with Crippen molar-refractivity contribution in [2.45, 2.75) is 25.4 Å². The zero-order chi connectivity index (χ0) is 18.2. The minimum atomic E-state index is -1.12.